The molecular formula is C19H14N2O5S. The Morgan fingerprint density at radius 3 is 2.52 bits per heavy atom. The summed E-state index contributed by atoms with van der Waals surface area (Å²) in [5.74, 6) is -1.15. The highest BCUT2D eigenvalue weighted by molar-refractivity contribution is 7.12. The zero-order chi connectivity index (χ0) is 19.2. The van der Waals surface area contributed by atoms with Crippen LogP contribution >= 0.6 is 11.3 Å². The van der Waals surface area contributed by atoms with E-state index in [-0.39, 0.29) is 17.1 Å². The van der Waals surface area contributed by atoms with E-state index in [0.29, 0.717) is 16.2 Å². The van der Waals surface area contributed by atoms with Crippen molar-refractivity contribution in [2.75, 3.05) is 0 Å². The van der Waals surface area contributed by atoms with Gasteiger partial charge in [-0.05, 0) is 53.4 Å². The summed E-state index contributed by atoms with van der Waals surface area (Å²) in [6.07, 6.45) is 1.40. The minimum absolute atomic E-state index is 0.0132. The van der Waals surface area contributed by atoms with Gasteiger partial charge >= 0.3 is 5.97 Å². The molecule has 27 heavy (non-hydrogen) atoms. The minimum Gasteiger partial charge on any atom is -0.508 e. The van der Waals surface area contributed by atoms with Crippen LogP contribution in [-0.2, 0) is 0 Å². The molecule has 0 radical (unpaired) electrons. The number of phenols is 2. The van der Waals surface area contributed by atoms with Crippen molar-refractivity contribution in [3.63, 3.8) is 0 Å². The van der Waals surface area contributed by atoms with E-state index in [9.17, 15) is 19.8 Å². The van der Waals surface area contributed by atoms with Gasteiger partial charge in [-0.15, -0.1) is 11.3 Å². The molecule has 2 aromatic carbocycles. The average molecular weight is 382 g/mol. The number of hydrogen-bond donors (Lipinski definition) is 3. The molecule has 0 atom stereocenters. The van der Waals surface area contributed by atoms with E-state index in [1.54, 1.807) is 41.8 Å². The molecule has 7 nitrogen and oxygen atoms in total. The van der Waals surface area contributed by atoms with Crippen LogP contribution in [0.25, 0.3) is 0 Å². The fourth-order valence-corrected chi connectivity index (χ4v) is 2.71. The summed E-state index contributed by atoms with van der Waals surface area (Å²) in [5.41, 5.74) is 2.93. The highest BCUT2D eigenvalue weighted by Crippen LogP contribution is 2.22. The maximum absolute atomic E-state index is 11.9. The number of carbonyl (C=O) groups excluding carboxylic acids is 2. The van der Waals surface area contributed by atoms with Crippen molar-refractivity contribution >= 4 is 29.4 Å². The Hall–Kier alpha value is -3.65. The number of thiophene rings is 1. The average Bonchev–Trinajstić information content (AvgIpc) is 3.18. The third-order valence-electron chi connectivity index (χ3n) is 3.42. The number of phenolic OH excluding ortho intramolecular Hbond substituents is 2. The number of amides is 1. The molecule has 0 aliphatic rings. The van der Waals surface area contributed by atoms with Gasteiger partial charge < -0.3 is 14.9 Å². The Morgan fingerprint density at radius 2 is 1.85 bits per heavy atom. The van der Waals surface area contributed by atoms with Crippen molar-refractivity contribution < 1.29 is 24.5 Å². The molecule has 0 aliphatic carbocycles. The Kier molecular flexibility index (Phi) is 5.48. The second kappa shape index (κ2) is 8.15. The van der Waals surface area contributed by atoms with Crippen LogP contribution in [0, 0.1) is 0 Å². The number of hydrazone groups is 1. The predicted octanol–water partition coefficient (Wildman–Crippen LogP) is 3.14. The van der Waals surface area contributed by atoms with Crippen molar-refractivity contribution in [2.24, 2.45) is 5.10 Å². The number of rotatable bonds is 5. The molecule has 8 heteroatoms. The largest absolute Gasteiger partial charge is 0.508 e. The first-order chi connectivity index (χ1) is 13.0. The third kappa shape index (κ3) is 4.71. The molecule has 0 aliphatic heterocycles. The minimum atomic E-state index is -0.620. The quantitative estimate of drug-likeness (QED) is 0.272. The highest BCUT2D eigenvalue weighted by Gasteiger charge is 2.11. The summed E-state index contributed by atoms with van der Waals surface area (Å²) in [4.78, 5) is 24.3. The van der Waals surface area contributed by atoms with Gasteiger partial charge in [0.25, 0.3) is 5.91 Å². The van der Waals surface area contributed by atoms with Gasteiger partial charge in [0.2, 0.25) is 0 Å². The lowest BCUT2D eigenvalue weighted by Gasteiger charge is -2.04. The number of nitrogens with one attached hydrogen (secondary N) is 1. The van der Waals surface area contributed by atoms with Gasteiger partial charge in [0.1, 0.15) is 22.1 Å². The van der Waals surface area contributed by atoms with Crippen LogP contribution in [0.4, 0.5) is 0 Å². The van der Waals surface area contributed by atoms with Gasteiger partial charge in [0, 0.05) is 6.07 Å². The van der Waals surface area contributed by atoms with E-state index in [4.69, 9.17) is 4.74 Å². The Balaban J connectivity index is 1.57. The summed E-state index contributed by atoms with van der Waals surface area (Å²) in [5, 5.41) is 24.5. The van der Waals surface area contributed by atoms with Crippen molar-refractivity contribution in [3.8, 4) is 17.2 Å². The van der Waals surface area contributed by atoms with Crippen LogP contribution < -0.4 is 10.2 Å². The zero-order valence-electron chi connectivity index (χ0n) is 13.8. The molecule has 3 aromatic rings. The lowest BCUT2D eigenvalue weighted by atomic mass is 10.2. The summed E-state index contributed by atoms with van der Waals surface area (Å²) in [7, 11) is 0. The number of ether oxygens (including phenoxy) is 1. The summed E-state index contributed by atoms with van der Waals surface area (Å²) in [6.45, 7) is 0. The fourth-order valence-electron chi connectivity index (χ4n) is 2.11. The smallest absolute Gasteiger partial charge is 0.353 e. The Bertz CT molecular complexity index is 982. The van der Waals surface area contributed by atoms with Crippen LogP contribution in [0.5, 0.6) is 17.2 Å². The molecule has 0 saturated carbocycles. The number of carbonyl (C=O) groups is 2. The second-order valence-corrected chi connectivity index (χ2v) is 6.28. The van der Waals surface area contributed by atoms with Crippen molar-refractivity contribution in [1.82, 2.24) is 5.43 Å². The number of benzene rings is 2. The number of aromatic hydroxyl groups is 2. The van der Waals surface area contributed by atoms with Gasteiger partial charge in [-0.1, -0.05) is 6.07 Å². The third-order valence-corrected chi connectivity index (χ3v) is 4.27. The van der Waals surface area contributed by atoms with E-state index in [0.717, 1.165) is 6.07 Å². The fraction of sp³-hybridized carbons (Fsp3) is 0. The molecule has 0 bridgehead atoms. The van der Waals surface area contributed by atoms with Crippen LogP contribution in [0.1, 0.15) is 25.6 Å². The van der Waals surface area contributed by atoms with Crippen LogP contribution in [0.3, 0.4) is 0 Å². The SMILES string of the molecule is O=C(Oc1ccc(/C=N\NC(=O)c2ccc(O)cc2O)cc1)c1cccs1. The van der Waals surface area contributed by atoms with Gasteiger partial charge in [-0.3, -0.25) is 4.79 Å². The molecule has 136 valence electrons. The number of hydrogen-bond acceptors (Lipinski definition) is 7. The van der Waals surface area contributed by atoms with Crippen molar-refractivity contribution in [1.29, 1.82) is 0 Å². The van der Waals surface area contributed by atoms with Crippen LogP contribution in [-0.4, -0.2) is 28.3 Å². The first kappa shape index (κ1) is 18.2. The van der Waals surface area contributed by atoms with E-state index < -0.39 is 11.9 Å². The summed E-state index contributed by atoms with van der Waals surface area (Å²) >= 11 is 1.30. The van der Waals surface area contributed by atoms with Gasteiger partial charge in [-0.2, -0.15) is 5.10 Å². The molecule has 0 fully saturated rings. The highest BCUT2D eigenvalue weighted by atomic mass is 32.1. The van der Waals surface area contributed by atoms with E-state index in [1.165, 1.54) is 29.7 Å². The van der Waals surface area contributed by atoms with Crippen molar-refractivity contribution in [2.45, 2.75) is 0 Å². The standard InChI is InChI=1S/C19H14N2O5S/c22-13-5-8-15(16(23)10-13)18(24)21-20-11-12-3-6-14(7-4-12)26-19(25)17-2-1-9-27-17/h1-11,22-23H,(H,21,24)/b20-11-. The molecule has 1 aromatic heterocycles. The first-order valence-electron chi connectivity index (χ1n) is 7.74. The lowest BCUT2D eigenvalue weighted by molar-refractivity contribution is 0.0739. The second-order valence-electron chi connectivity index (χ2n) is 5.34. The summed E-state index contributed by atoms with van der Waals surface area (Å²) in [6, 6.07) is 13.7. The molecule has 3 rings (SSSR count). The lowest BCUT2D eigenvalue weighted by Crippen LogP contribution is -2.17. The maximum atomic E-state index is 11.9. The Labute approximate surface area is 158 Å². The van der Waals surface area contributed by atoms with Crippen LogP contribution in [0.15, 0.2) is 65.1 Å². The van der Waals surface area contributed by atoms with E-state index in [1.807, 2.05) is 0 Å². The first-order valence-corrected chi connectivity index (χ1v) is 8.62. The predicted molar refractivity (Wildman–Crippen MR) is 101 cm³/mol. The van der Waals surface area contributed by atoms with E-state index >= 15 is 0 Å². The molecule has 3 N–H and O–H groups in total. The maximum Gasteiger partial charge on any atom is 0.353 e. The molecule has 0 unspecified atom stereocenters. The Morgan fingerprint density at radius 1 is 1.07 bits per heavy atom. The normalized spacial score (nSPS) is 10.7. The molecular weight excluding hydrogens is 368 g/mol. The van der Waals surface area contributed by atoms with E-state index in [2.05, 4.69) is 10.5 Å². The monoisotopic (exact) mass is 382 g/mol. The number of nitrogens with zero attached hydrogens (tertiary/aromatic N) is 1. The zero-order valence-corrected chi connectivity index (χ0v) is 14.6. The molecule has 1 amide bonds. The topological polar surface area (TPSA) is 108 Å². The van der Waals surface area contributed by atoms with Gasteiger partial charge in [0.05, 0.1) is 11.8 Å². The summed E-state index contributed by atoms with van der Waals surface area (Å²) < 4.78 is 5.25. The molecule has 1 heterocycles. The molecule has 0 spiro atoms. The number of esters is 1. The van der Waals surface area contributed by atoms with Crippen LogP contribution in [0.2, 0.25) is 0 Å². The van der Waals surface area contributed by atoms with Crippen molar-refractivity contribution in [3.05, 3.63) is 76.0 Å². The van der Waals surface area contributed by atoms with Gasteiger partial charge in [0.15, 0.2) is 0 Å². The van der Waals surface area contributed by atoms with Gasteiger partial charge in [-0.25, -0.2) is 10.2 Å². The molecule has 0 saturated heterocycles.